The highest BCUT2D eigenvalue weighted by Gasteiger charge is 2.27. The summed E-state index contributed by atoms with van der Waals surface area (Å²) in [4.78, 5) is 30.3. The summed E-state index contributed by atoms with van der Waals surface area (Å²) in [5, 5.41) is 5.72. The number of likely N-dealkylation sites (tertiary alicyclic amines) is 1. The fourth-order valence-corrected chi connectivity index (χ4v) is 3.76. The van der Waals surface area contributed by atoms with Gasteiger partial charge in [0.25, 0.3) is 11.5 Å². The Kier molecular flexibility index (Phi) is 4.57. The molecule has 1 aromatic carbocycles. The molecule has 0 atom stereocenters. The molecule has 3 heterocycles. The van der Waals surface area contributed by atoms with Gasteiger partial charge in [-0.1, -0.05) is 26.8 Å². The minimum Gasteiger partial charge on any atom is -0.361 e. The van der Waals surface area contributed by atoms with Crippen LogP contribution in [0.1, 0.15) is 55.7 Å². The number of piperidine rings is 1. The number of rotatable bonds is 2. The van der Waals surface area contributed by atoms with Crippen molar-refractivity contribution in [3.05, 3.63) is 64.2 Å². The van der Waals surface area contributed by atoms with Gasteiger partial charge in [0.05, 0.1) is 11.7 Å². The monoisotopic (exact) mass is 378 g/mol. The molecule has 6 heteroatoms. The van der Waals surface area contributed by atoms with Crippen molar-refractivity contribution in [2.24, 2.45) is 0 Å². The smallest absolute Gasteiger partial charge is 0.267 e. The highest BCUT2D eigenvalue weighted by atomic mass is 16.2. The lowest BCUT2D eigenvalue weighted by Crippen LogP contribution is -2.41. The van der Waals surface area contributed by atoms with Crippen LogP contribution < -0.4 is 5.56 Å². The lowest BCUT2D eigenvalue weighted by atomic mass is 9.92. The third-order valence-electron chi connectivity index (χ3n) is 5.49. The van der Waals surface area contributed by atoms with E-state index in [1.807, 2.05) is 41.4 Å². The summed E-state index contributed by atoms with van der Waals surface area (Å²) in [5.41, 5.74) is 2.39. The molecule has 28 heavy (non-hydrogen) atoms. The number of amides is 1. The van der Waals surface area contributed by atoms with Crippen molar-refractivity contribution < 1.29 is 4.79 Å². The maximum Gasteiger partial charge on any atom is 0.267 e. The Morgan fingerprint density at radius 2 is 1.86 bits per heavy atom. The molecule has 6 nitrogen and oxygen atoms in total. The molecule has 0 radical (unpaired) electrons. The van der Waals surface area contributed by atoms with Gasteiger partial charge in [-0.25, -0.2) is 4.68 Å². The first-order valence-corrected chi connectivity index (χ1v) is 9.80. The number of carbonyl (C=O) groups is 1. The van der Waals surface area contributed by atoms with Crippen molar-refractivity contribution in [2.45, 2.75) is 45.1 Å². The maximum absolute atomic E-state index is 12.9. The quantitative estimate of drug-likeness (QED) is 0.742. The summed E-state index contributed by atoms with van der Waals surface area (Å²) in [7, 11) is 0. The van der Waals surface area contributed by atoms with E-state index in [0.29, 0.717) is 18.7 Å². The van der Waals surface area contributed by atoms with Gasteiger partial charge >= 0.3 is 0 Å². The van der Waals surface area contributed by atoms with E-state index in [4.69, 9.17) is 0 Å². The Hall–Kier alpha value is -2.89. The first kappa shape index (κ1) is 18.5. The van der Waals surface area contributed by atoms with Gasteiger partial charge in [-0.2, -0.15) is 5.10 Å². The van der Waals surface area contributed by atoms with Gasteiger partial charge in [-0.15, -0.1) is 0 Å². The third-order valence-corrected chi connectivity index (χ3v) is 5.49. The number of nitrogens with one attached hydrogen (secondary N) is 1. The number of H-pyrrole nitrogens is 1. The van der Waals surface area contributed by atoms with Crippen molar-refractivity contribution in [1.29, 1.82) is 0 Å². The predicted molar refractivity (Wildman–Crippen MR) is 110 cm³/mol. The van der Waals surface area contributed by atoms with E-state index >= 15 is 0 Å². The van der Waals surface area contributed by atoms with Crippen LogP contribution in [0.25, 0.3) is 10.9 Å². The number of aromatic amines is 1. The number of hydrogen-bond donors (Lipinski definition) is 1. The van der Waals surface area contributed by atoms with Crippen LogP contribution in [0.4, 0.5) is 0 Å². The Morgan fingerprint density at radius 1 is 1.11 bits per heavy atom. The highest BCUT2D eigenvalue weighted by molar-refractivity contribution is 5.98. The predicted octanol–water partition coefficient (Wildman–Crippen LogP) is 3.50. The normalized spacial score (nSPS) is 15.9. The van der Waals surface area contributed by atoms with E-state index < -0.39 is 0 Å². The molecular weight excluding hydrogens is 352 g/mol. The first-order valence-electron chi connectivity index (χ1n) is 9.80. The van der Waals surface area contributed by atoms with Crippen LogP contribution in [0.5, 0.6) is 0 Å². The Morgan fingerprint density at radius 3 is 2.57 bits per heavy atom. The van der Waals surface area contributed by atoms with E-state index in [2.05, 4.69) is 30.9 Å². The zero-order chi connectivity index (χ0) is 19.9. The molecule has 3 aromatic rings. The topological polar surface area (TPSA) is 71.0 Å². The lowest BCUT2D eigenvalue weighted by Gasteiger charge is -2.33. The van der Waals surface area contributed by atoms with Crippen molar-refractivity contribution in [3.63, 3.8) is 0 Å². The second kappa shape index (κ2) is 6.93. The molecule has 146 valence electrons. The molecule has 4 rings (SSSR count). The summed E-state index contributed by atoms with van der Waals surface area (Å²) in [6.07, 6.45) is 3.34. The van der Waals surface area contributed by atoms with Gasteiger partial charge in [-0.05, 0) is 42.5 Å². The van der Waals surface area contributed by atoms with Crippen molar-refractivity contribution in [3.8, 4) is 0 Å². The summed E-state index contributed by atoms with van der Waals surface area (Å²) in [5.74, 6) is 0.0405. The molecule has 0 bridgehead atoms. The number of hydrogen-bond acceptors (Lipinski definition) is 3. The molecule has 2 aromatic heterocycles. The minimum atomic E-state index is -0.109. The summed E-state index contributed by atoms with van der Waals surface area (Å²) in [6, 6.07) is 11.2. The van der Waals surface area contributed by atoms with E-state index in [1.54, 1.807) is 10.7 Å². The Bertz CT molecular complexity index is 1070. The fourth-order valence-electron chi connectivity index (χ4n) is 3.76. The maximum atomic E-state index is 12.9. The number of nitrogens with zero attached hydrogens (tertiary/aromatic N) is 3. The largest absolute Gasteiger partial charge is 0.361 e. The molecule has 1 N–H and O–H groups in total. The fraction of sp³-hybridized carbons (Fsp3) is 0.409. The second-order valence-corrected chi connectivity index (χ2v) is 8.55. The summed E-state index contributed by atoms with van der Waals surface area (Å²) >= 11 is 0. The third kappa shape index (κ3) is 3.46. The molecule has 0 spiro atoms. The minimum absolute atomic E-state index is 0.0322. The van der Waals surface area contributed by atoms with Gasteiger partial charge in [0, 0.05) is 41.8 Å². The Balaban J connectivity index is 1.49. The number of carbonyl (C=O) groups excluding carboxylic acids is 1. The van der Waals surface area contributed by atoms with Gasteiger partial charge in [0.2, 0.25) is 0 Å². The average Bonchev–Trinajstić information content (AvgIpc) is 3.15. The SMILES string of the molecule is CC(C)(C)c1ccc(=O)n(C2CCN(C(=O)c3ccc4cc[nH]c4c3)CC2)n1. The molecular formula is C22H26N4O2. The Labute approximate surface area is 164 Å². The van der Waals surface area contributed by atoms with Crippen LogP contribution in [-0.2, 0) is 5.41 Å². The van der Waals surface area contributed by atoms with E-state index in [1.165, 1.54) is 0 Å². The highest BCUT2D eigenvalue weighted by Crippen LogP contribution is 2.24. The van der Waals surface area contributed by atoms with E-state index in [9.17, 15) is 9.59 Å². The zero-order valence-electron chi connectivity index (χ0n) is 16.6. The van der Waals surface area contributed by atoms with Crippen LogP contribution in [-0.4, -0.2) is 38.7 Å². The summed E-state index contributed by atoms with van der Waals surface area (Å²) < 4.78 is 1.62. The van der Waals surface area contributed by atoms with Gasteiger partial charge in [-0.3, -0.25) is 9.59 Å². The van der Waals surface area contributed by atoms with Gasteiger partial charge < -0.3 is 9.88 Å². The van der Waals surface area contributed by atoms with Gasteiger partial charge in [0.1, 0.15) is 0 Å². The molecule has 1 amide bonds. The van der Waals surface area contributed by atoms with E-state index in [-0.39, 0.29) is 22.9 Å². The van der Waals surface area contributed by atoms with Crippen LogP contribution in [0.15, 0.2) is 47.4 Å². The zero-order valence-corrected chi connectivity index (χ0v) is 16.6. The van der Waals surface area contributed by atoms with Crippen LogP contribution in [0, 0.1) is 0 Å². The molecule has 0 unspecified atom stereocenters. The molecule has 0 aliphatic carbocycles. The van der Waals surface area contributed by atoms with Crippen molar-refractivity contribution in [1.82, 2.24) is 19.7 Å². The molecule has 1 aliphatic rings. The van der Waals surface area contributed by atoms with Crippen LogP contribution in [0.2, 0.25) is 0 Å². The lowest BCUT2D eigenvalue weighted by molar-refractivity contribution is 0.0687. The van der Waals surface area contributed by atoms with Gasteiger partial charge in [0.15, 0.2) is 0 Å². The molecule has 0 saturated carbocycles. The van der Waals surface area contributed by atoms with Crippen LogP contribution in [0.3, 0.4) is 0 Å². The molecule has 1 saturated heterocycles. The number of fused-ring (bicyclic) bond motifs is 1. The standard InChI is InChI=1S/C22H26N4O2/c1-22(2,3)19-6-7-20(27)26(24-19)17-9-12-25(13-10-17)21(28)16-5-4-15-8-11-23-18(15)14-16/h4-8,11,14,17,23H,9-10,12-13H2,1-3H3. The summed E-state index contributed by atoms with van der Waals surface area (Å²) in [6.45, 7) is 7.52. The van der Waals surface area contributed by atoms with E-state index in [0.717, 1.165) is 29.4 Å². The first-order chi connectivity index (χ1) is 13.3. The number of benzene rings is 1. The van der Waals surface area contributed by atoms with Crippen LogP contribution >= 0.6 is 0 Å². The average molecular weight is 378 g/mol. The number of aromatic nitrogens is 3. The molecule has 1 aliphatic heterocycles. The second-order valence-electron chi connectivity index (χ2n) is 8.55. The van der Waals surface area contributed by atoms with Crippen molar-refractivity contribution in [2.75, 3.05) is 13.1 Å². The molecule has 1 fully saturated rings. The van der Waals surface area contributed by atoms with Crippen molar-refractivity contribution >= 4 is 16.8 Å².